The second-order valence-corrected chi connectivity index (χ2v) is 9.85. The van der Waals surface area contributed by atoms with E-state index in [9.17, 15) is 14.7 Å². The van der Waals surface area contributed by atoms with Crippen LogP contribution in [0.4, 0.5) is 0 Å². The number of rotatable bonds is 6. The van der Waals surface area contributed by atoms with Gasteiger partial charge in [0.25, 0.3) is 11.7 Å². The fourth-order valence-electron chi connectivity index (χ4n) is 4.76. The number of benzene rings is 3. The van der Waals surface area contributed by atoms with Crippen molar-refractivity contribution in [2.75, 3.05) is 13.7 Å². The second-order valence-electron chi connectivity index (χ2n) is 9.00. The SMILES string of the molecule is COc1ccc2[nH]cc(CCN3C(=O)C(=O)/C(=C(\O)c4ccc(Cl)cc4Cl)C3c3ccc(C)cc3)c2c1. The molecule has 2 N–H and O–H groups in total. The van der Waals surface area contributed by atoms with Gasteiger partial charge in [0.1, 0.15) is 11.5 Å². The van der Waals surface area contributed by atoms with Gasteiger partial charge in [-0.2, -0.15) is 0 Å². The van der Waals surface area contributed by atoms with E-state index in [1.165, 1.54) is 11.0 Å². The van der Waals surface area contributed by atoms with Gasteiger partial charge in [-0.25, -0.2) is 0 Å². The van der Waals surface area contributed by atoms with Crippen molar-refractivity contribution >= 4 is 51.6 Å². The molecule has 1 aliphatic rings. The third-order valence-corrected chi connectivity index (χ3v) is 7.26. The lowest BCUT2D eigenvalue weighted by Gasteiger charge is -2.25. The third kappa shape index (κ3) is 4.59. The number of hydrogen-bond acceptors (Lipinski definition) is 4. The summed E-state index contributed by atoms with van der Waals surface area (Å²) in [7, 11) is 1.61. The van der Waals surface area contributed by atoms with Crippen molar-refractivity contribution in [1.29, 1.82) is 0 Å². The molecular formula is C29H24Cl2N2O4. The van der Waals surface area contributed by atoms with Crippen molar-refractivity contribution in [2.24, 2.45) is 0 Å². The summed E-state index contributed by atoms with van der Waals surface area (Å²) in [6.07, 6.45) is 2.39. The summed E-state index contributed by atoms with van der Waals surface area (Å²) in [5.41, 5.74) is 3.93. The van der Waals surface area contributed by atoms with Crippen LogP contribution < -0.4 is 4.74 Å². The van der Waals surface area contributed by atoms with Gasteiger partial charge in [-0.15, -0.1) is 0 Å². The van der Waals surface area contributed by atoms with E-state index in [0.29, 0.717) is 11.4 Å². The summed E-state index contributed by atoms with van der Waals surface area (Å²) < 4.78 is 5.36. The molecule has 0 bridgehead atoms. The van der Waals surface area contributed by atoms with Gasteiger partial charge < -0.3 is 19.7 Å². The van der Waals surface area contributed by atoms with E-state index in [1.807, 2.05) is 55.6 Å². The van der Waals surface area contributed by atoms with Gasteiger partial charge in [0.2, 0.25) is 0 Å². The van der Waals surface area contributed by atoms with Gasteiger partial charge >= 0.3 is 0 Å². The Bertz CT molecular complexity index is 1560. The minimum Gasteiger partial charge on any atom is -0.507 e. The van der Waals surface area contributed by atoms with Crippen LogP contribution in [0, 0.1) is 6.92 Å². The number of H-pyrrole nitrogens is 1. The number of hydrogen-bond donors (Lipinski definition) is 2. The van der Waals surface area contributed by atoms with E-state index in [2.05, 4.69) is 4.98 Å². The highest BCUT2D eigenvalue weighted by molar-refractivity contribution is 6.47. The van der Waals surface area contributed by atoms with Gasteiger partial charge in [-0.05, 0) is 60.9 Å². The first-order valence-corrected chi connectivity index (χ1v) is 12.5. The molecule has 1 saturated heterocycles. The minimum atomic E-state index is -0.771. The molecule has 8 heteroatoms. The Kier molecular flexibility index (Phi) is 6.71. The first-order chi connectivity index (χ1) is 17.8. The van der Waals surface area contributed by atoms with Crippen molar-refractivity contribution in [3.8, 4) is 5.75 Å². The summed E-state index contributed by atoms with van der Waals surface area (Å²) in [6.45, 7) is 2.22. The number of methoxy groups -OCH3 is 1. The molecule has 0 aliphatic carbocycles. The molecule has 1 amide bonds. The molecule has 0 spiro atoms. The predicted octanol–water partition coefficient (Wildman–Crippen LogP) is 6.46. The van der Waals surface area contributed by atoms with E-state index in [1.54, 1.807) is 19.2 Å². The normalized spacial score (nSPS) is 17.1. The standard InChI is InChI=1S/C29H24Cl2N2O4/c1-16-3-5-17(6-4-16)26-25(27(34)21-9-7-19(30)13-23(21)31)28(35)29(36)33(26)12-11-18-15-32-24-10-8-20(37-2)14-22(18)24/h3-10,13-15,26,32,34H,11-12H2,1-2H3/b27-25-. The van der Waals surface area contributed by atoms with Gasteiger partial charge in [0.15, 0.2) is 0 Å². The summed E-state index contributed by atoms with van der Waals surface area (Å²) in [5.74, 6) is -1.03. The van der Waals surface area contributed by atoms with Crippen molar-refractivity contribution in [3.63, 3.8) is 0 Å². The Hall–Kier alpha value is -3.74. The average Bonchev–Trinajstić information content (AvgIpc) is 3.40. The maximum Gasteiger partial charge on any atom is 0.295 e. The number of nitrogens with zero attached hydrogens (tertiary/aromatic N) is 1. The molecule has 0 saturated carbocycles. The number of fused-ring (bicyclic) bond motifs is 1. The molecular weight excluding hydrogens is 511 g/mol. The monoisotopic (exact) mass is 534 g/mol. The highest BCUT2D eigenvalue weighted by Crippen LogP contribution is 2.41. The number of aliphatic hydroxyl groups is 1. The van der Waals surface area contributed by atoms with Crippen LogP contribution in [0.2, 0.25) is 10.0 Å². The van der Waals surface area contributed by atoms with Crippen LogP contribution in [-0.2, 0) is 16.0 Å². The van der Waals surface area contributed by atoms with Gasteiger partial charge in [-0.3, -0.25) is 9.59 Å². The number of Topliss-reactive ketones (excluding diaryl/α,β-unsaturated/α-hetero) is 1. The Morgan fingerprint density at radius 1 is 1.05 bits per heavy atom. The first kappa shape index (κ1) is 24.9. The molecule has 1 aliphatic heterocycles. The van der Waals surface area contributed by atoms with Crippen LogP contribution in [0.15, 0.2) is 72.4 Å². The lowest BCUT2D eigenvalue weighted by Crippen LogP contribution is -2.31. The lowest BCUT2D eigenvalue weighted by atomic mass is 9.94. The van der Waals surface area contributed by atoms with Gasteiger partial charge in [-0.1, -0.05) is 53.0 Å². The molecule has 1 aromatic heterocycles. The van der Waals surface area contributed by atoms with E-state index in [-0.39, 0.29) is 28.5 Å². The molecule has 37 heavy (non-hydrogen) atoms. The Labute approximate surface area is 224 Å². The largest absolute Gasteiger partial charge is 0.507 e. The minimum absolute atomic E-state index is 0.00123. The molecule has 1 unspecified atom stereocenters. The van der Waals surface area contributed by atoms with E-state index >= 15 is 0 Å². The number of carbonyl (C=O) groups excluding carboxylic acids is 2. The van der Waals surface area contributed by atoms with Crippen LogP contribution in [0.1, 0.15) is 28.3 Å². The molecule has 1 atom stereocenters. The number of aryl methyl sites for hydroxylation is 1. The number of amides is 1. The zero-order valence-corrected chi connectivity index (χ0v) is 21.7. The summed E-state index contributed by atoms with van der Waals surface area (Å²) in [4.78, 5) is 31.4. The highest BCUT2D eigenvalue weighted by atomic mass is 35.5. The maximum atomic E-state index is 13.3. The topological polar surface area (TPSA) is 82.6 Å². The van der Waals surface area contributed by atoms with Crippen LogP contribution in [0.3, 0.4) is 0 Å². The number of carbonyl (C=O) groups is 2. The van der Waals surface area contributed by atoms with Crippen molar-refractivity contribution in [3.05, 3.63) is 105 Å². The molecule has 2 heterocycles. The summed E-state index contributed by atoms with van der Waals surface area (Å²) in [6, 6.07) is 17.1. The smallest absolute Gasteiger partial charge is 0.295 e. The summed E-state index contributed by atoms with van der Waals surface area (Å²) in [5, 5.41) is 12.8. The number of likely N-dealkylation sites (tertiary alicyclic amines) is 1. The van der Waals surface area contributed by atoms with Crippen LogP contribution >= 0.6 is 23.2 Å². The number of aromatic nitrogens is 1. The maximum absolute atomic E-state index is 13.3. The van der Waals surface area contributed by atoms with Gasteiger partial charge in [0.05, 0.1) is 23.7 Å². The molecule has 0 radical (unpaired) electrons. The molecule has 188 valence electrons. The lowest BCUT2D eigenvalue weighted by molar-refractivity contribution is -0.139. The zero-order valence-electron chi connectivity index (χ0n) is 20.2. The number of aliphatic hydroxyl groups excluding tert-OH is 1. The van der Waals surface area contributed by atoms with Crippen LogP contribution in [0.5, 0.6) is 5.75 Å². The van der Waals surface area contributed by atoms with E-state index in [4.69, 9.17) is 27.9 Å². The van der Waals surface area contributed by atoms with E-state index < -0.39 is 17.7 Å². The van der Waals surface area contributed by atoms with Crippen molar-refractivity contribution in [1.82, 2.24) is 9.88 Å². The number of nitrogens with one attached hydrogen (secondary N) is 1. The van der Waals surface area contributed by atoms with E-state index in [0.717, 1.165) is 33.3 Å². The molecule has 3 aromatic carbocycles. The number of ether oxygens (including phenoxy) is 1. The highest BCUT2D eigenvalue weighted by Gasteiger charge is 2.46. The van der Waals surface area contributed by atoms with Crippen molar-refractivity contribution in [2.45, 2.75) is 19.4 Å². The molecule has 1 fully saturated rings. The summed E-state index contributed by atoms with van der Waals surface area (Å²) >= 11 is 12.4. The number of ketones is 1. The average molecular weight is 535 g/mol. The van der Waals surface area contributed by atoms with Crippen molar-refractivity contribution < 1.29 is 19.4 Å². The van der Waals surface area contributed by atoms with Crippen LogP contribution in [0.25, 0.3) is 16.7 Å². The first-order valence-electron chi connectivity index (χ1n) is 11.7. The Balaban J connectivity index is 1.57. The van der Waals surface area contributed by atoms with Crippen LogP contribution in [-0.4, -0.2) is 40.3 Å². The fourth-order valence-corrected chi connectivity index (χ4v) is 5.26. The fraction of sp³-hybridized carbons (Fsp3) is 0.172. The Morgan fingerprint density at radius 3 is 2.51 bits per heavy atom. The zero-order chi connectivity index (χ0) is 26.3. The predicted molar refractivity (Wildman–Crippen MR) is 145 cm³/mol. The third-order valence-electron chi connectivity index (χ3n) is 6.72. The second kappa shape index (κ2) is 9.96. The number of aromatic amines is 1. The number of halogens is 2. The molecule has 6 nitrogen and oxygen atoms in total. The van der Waals surface area contributed by atoms with Gasteiger partial charge in [0, 0.05) is 34.2 Å². The molecule has 4 aromatic rings. The molecule has 5 rings (SSSR count). The Morgan fingerprint density at radius 2 is 1.81 bits per heavy atom. The quantitative estimate of drug-likeness (QED) is 0.169.